The number of aryl methyl sites for hydroxylation is 1. The molecule has 0 unspecified atom stereocenters. The van der Waals surface area contributed by atoms with Crippen molar-refractivity contribution in [2.45, 2.75) is 13.5 Å². The number of pyridine rings is 1. The number of fused-ring (bicyclic) bond motifs is 1. The molecule has 0 spiro atoms. The number of hydrogen-bond acceptors (Lipinski definition) is 2. The van der Waals surface area contributed by atoms with E-state index < -0.39 is 0 Å². The highest BCUT2D eigenvalue weighted by Gasteiger charge is 2.07. The van der Waals surface area contributed by atoms with Crippen LogP contribution in [0.4, 0.5) is 4.39 Å². The molecule has 0 saturated heterocycles. The minimum absolute atomic E-state index is 0.151. The summed E-state index contributed by atoms with van der Waals surface area (Å²) in [6.07, 6.45) is 3.06. The summed E-state index contributed by atoms with van der Waals surface area (Å²) in [6.45, 7) is 2.24. The van der Waals surface area contributed by atoms with Gasteiger partial charge in [0.25, 0.3) is 5.91 Å². The number of benzene rings is 1. The molecule has 2 aromatic heterocycles. The van der Waals surface area contributed by atoms with Crippen LogP contribution in [0.3, 0.4) is 0 Å². The molecule has 0 bridgehead atoms. The lowest BCUT2D eigenvalue weighted by Gasteiger charge is -2.03. The maximum absolute atomic E-state index is 13.1. The SMILES string of the molecule is Cc1cccc(C(=O)NCc2cn3cc(F)ccc3n2)c1. The Balaban J connectivity index is 1.72. The average molecular weight is 283 g/mol. The van der Waals surface area contributed by atoms with Crippen molar-refractivity contribution in [2.24, 2.45) is 0 Å². The Bertz CT molecular complexity index is 810. The van der Waals surface area contributed by atoms with Crippen LogP contribution in [0, 0.1) is 12.7 Å². The molecule has 0 radical (unpaired) electrons. The molecule has 1 aromatic carbocycles. The number of carbonyl (C=O) groups is 1. The number of nitrogens with one attached hydrogen (secondary N) is 1. The molecule has 1 amide bonds. The second kappa shape index (κ2) is 5.36. The fourth-order valence-electron chi connectivity index (χ4n) is 2.16. The number of rotatable bonds is 3. The van der Waals surface area contributed by atoms with Gasteiger partial charge in [-0.25, -0.2) is 9.37 Å². The van der Waals surface area contributed by atoms with E-state index in [2.05, 4.69) is 10.3 Å². The molecule has 106 valence electrons. The van der Waals surface area contributed by atoms with Gasteiger partial charge >= 0.3 is 0 Å². The van der Waals surface area contributed by atoms with Crippen LogP contribution in [0.1, 0.15) is 21.6 Å². The van der Waals surface area contributed by atoms with Gasteiger partial charge in [0.2, 0.25) is 0 Å². The number of hydrogen-bond donors (Lipinski definition) is 1. The van der Waals surface area contributed by atoms with E-state index in [0.29, 0.717) is 23.4 Å². The lowest BCUT2D eigenvalue weighted by Crippen LogP contribution is -2.22. The quantitative estimate of drug-likeness (QED) is 0.803. The van der Waals surface area contributed by atoms with E-state index in [9.17, 15) is 9.18 Å². The predicted octanol–water partition coefficient (Wildman–Crippen LogP) is 2.71. The number of imidazole rings is 1. The summed E-state index contributed by atoms with van der Waals surface area (Å²) in [6, 6.07) is 10.3. The average Bonchev–Trinajstić information content (AvgIpc) is 2.86. The Morgan fingerprint density at radius 2 is 2.14 bits per heavy atom. The normalized spacial score (nSPS) is 10.8. The van der Waals surface area contributed by atoms with E-state index in [1.807, 2.05) is 25.1 Å². The van der Waals surface area contributed by atoms with Crippen molar-refractivity contribution in [2.75, 3.05) is 0 Å². The number of amides is 1. The molecular formula is C16H14FN3O. The molecule has 2 heterocycles. The summed E-state index contributed by atoms with van der Waals surface area (Å²) in [7, 11) is 0. The first-order valence-corrected chi connectivity index (χ1v) is 6.60. The van der Waals surface area contributed by atoms with Crippen LogP contribution < -0.4 is 5.32 Å². The van der Waals surface area contributed by atoms with E-state index in [-0.39, 0.29) is 11.7 Å². The van der Waals surface area contributed by atoms with Gasteiger partial charge in [0.15, 0.2) is 0 Å². The molecular weight excluding hydrogens is 269 g/mol. The van der Waals surface area contributed by atoms with Crippen molar-refractivity contribution in [3.05, 3.63) is 71.4 Å². The number of halogens is 1. The predicted molar refractivity (Wildman–Crippen MR) is 77.5 cm³/mol. The summed E-state index contributed by atoms with van der Waals surface area (Å²) in [5, 5.41) is 2.81. The van der Waals surface area contributed by atoms with Crippen LogP contribution in [0.2, 0.25) is 0 Å². The molecule has 0 atom stereocenters. The lowest BCUT2D eigenvalue weighted by molar-refractivity contribution is 0.0950. The highest BCUT2D eigenvalue weighted by atomic mass is 19.1. The minimum atomic E-state index is -0.324. The second-order valence-corrected chi connectivity index (χ2v) is 4.90. The fraction of sp³-hybridized carbons (Fsp3) is 0.125. The number of carbonyl (C=O) groups excluding carboxylic acids is 1. The molecule has 21 heavy (non-hydrogen) atoms. The van der Waals surface area contributed by atoms with E-state index in [1.165, 1.54) is 12.3 Å². The zero-order valence-corrected chi connectivity index (χ0v) is 11.5. The van der Waals surface area contributed by atoms with Crippen molar-refractivity contribution < 1.29 is 9.18 Å². The van der Waals surface area contributed by atoms with Crippen LogP contribution in [-0.2, 0) is 6.54 Å². The van der Waals surface area contributed by atoms with E-state index in [0.717, 1.165) is 5.56 Å². The van der Waals surface area contributed by atoms with Gasteiger partial charge in [0.05, 0.1) is 12.2 Å². The molecule has 0 aliphatic heterocycles. The van der Waals surface area contributed by atoms with Crippen LogP contribution in [0.5, 0.6) is 0 Å². The molecule has 4 nitrogen and oxygen atoms in total. The summed E-state index contributed by atoms with van der Waals surface area (Å²) in [5.74, 6) is -0.475. The molecule has 0 fully saturated rings. The number of aromatic nitrogens is 2. The van der Waals surface area contributed by atoms with Gasteiger partial charge in [-0.2, -0.15) is 0 Å². The van der Waals surface area contributed by atoms with Crippen LogP contribution in [0.15, 0.2) is 48.8 Å². The maximum atomic E-state index is 13.1. The van der Waals surface area contributed by atoms with Gasteiger partial charge in [-0.05, 0) is 31.2 Å². The van der Waals surface area contributed by atoms with Crippen molar-refractivity contribution in [3.8, 4) is 0 Å². The minimum Gasteiger partial charge on any atom is -0.346 e. The van der Waals surface area contributed by atoms with Gasteiger partial charge in [-0.3, -0.25) is 4.79 Å². The third-order valence-corrected chi connectivity index (χ3v) is 3.18. The molecule has 3 aromatic rings. The highest BCUT2D eigenvalue weighted by molar-refractivity contribution is 5.94. The Kier molecular flexibility index (Phi) is 3.39. The Hall–Kier alpha value is -2.69. The smallest absolute Gasteiger partial charge is 0.251 e. The Morgan fingerprint density at radius 3 is 2.95 bits per heavy atom. The topological polar surface area (TPSA) is 46.4 Å². The first kappa shape index (κ1) is 13.3. The van der Waals surface area contributed by atoms with Crippen LogP contribution in [0.25, 0.3) is 5.65 Å². The van der Waals surface area contributed by atoms with E-state index >= 15 is 0 Å². The monoisotopic (exact) mass is 283 g/mol. The van der Waals surface area contributed by atoms with Crippen LogP contribution >= 0.6 is 0 Å². The first-order valence-electron chi connectivity index (χ1n) is 6.60. The first-order chi connectivity index (χ1) is 10.1. The van der Waals surface area contributed by atoms with Gasteiger partial charge < -0.3 is 9.72 Å². The van der Waals surface area contributed by atoms with E-state index in [1.54, 1.807) is 22.7 Å². The lowest BCUT2D eigenvalue weighted by atomic mass is 10.1. The molecule has 3 rings (SSSR count). The third kappa shape index (κ3) is 2.91. The third-order valence-electron chi connectivity index (χ3n) is 3.18. The second-order valence-electron chi connectivity index (χ2n) is 4.90. The van der Waals surface area contributed by atoms with Gasteiger partial charge in [0, 0.05) is 18.0 Å². The molecule has 0 aliphatic rings. The van der Waals surface area contributed by atoms with Gasteiger partial charge in [0.1, 0.15) is 11.5 Å². The highest BCUT2D eigenvalue weighted by Crippen LogP contribution is 2.08. The van der Waals surface area contributed by atoms with E-state index in [4.69, 9.17) is 0 Å². The molecule has 0 aliphatic carbocycles. The molecule has 5 heteroatoms. The summed E-state index contributed by atoms with van der Waals surface area (Å²) < 4.78 is 14.7. The fourth-order valence-corrected chi connectivity index (χ4v) is 2.16. The Labute approximate surface area is 121 Å². The van der Waals surface area contributed by atoms with Gasteiger partial charge in [-0.1, -0.05) is 17.7 Å². The van der Waals surface area contributed by atoms with Crippen molar-refractivity contribution in [1.29, 1.82) is 0 Å². The van der Waals surface area contributed by atoms with Crippen molar-refractivity contribution in [3.63, 3.8) is 0 Å². The number of nitrogens with zero attached hydrogens (tertiary/aromatic N) is 2. The maximum Gasteiger partial charge on any atom is 0.251 e. The molecule has 1 N–H and O–H groups in total. The zero-order valence-electron chi connectivity index (χ0n) is 11.5. The Morgan fingerprint density at radius 1 is 1.29 bits per heavy atom. The van der Waals surface area contributed by atoms with Crippen molar-refractivity contribution in [1.82, 2.24) is 14.7 Å². The standard InChI is InChI=1S/C16H14FN3O/c1-11-3-2-4-12(7-11)16(21)18-8-14-10-20-9-13(17)5-6-15(20)19-14/h2-7,9-10H,8H2,1H3,(H,18,21). The van der Waals surface area contributed by atoms with Crippen LogP contribution in [-0.4, -0.2) is 15.3 Å². The zero-order chi connectivity index (χ0) is 14.8. The van der Waals surface area contributed by atoms with Gasteiger partial charge in [-0.15, -0.1) is 0 Å². The largest absolute Gasteiger partial charge is 0.346 e. The van der Waals surface area contributed by atoms with Crippen molar-refractivity contribution >= 4 is 11.6 Å². The summed E-state index contributed by atoms with van der Waals surface area (Å²) >= 11 is 0. The summed E-state index contributed by atoms with van der Waals surface area (Å²) in [4.78, 5) is 16.4. The molecule has 0 saturated carbocycles. The summed E-state index contributed by atoms with van der Waals surface area (Å²) in [5.41, 5.74) is 2.98.